The molecule has 4 heteroatoms. The largest absolute Gasteiger partial charge is 0.489 e. The minimum absolute atomic E-state index is 0.116. The first-order valence-corrected chi connectivity index (χ1v) is 5.85. The van der Waals surface area contributed by atoms with Gasteiger partial charge in [-0.05, 0) is 18.6 Å². The zero-order chi connectivity index (χ0) is 11.4. The molecule has 1 aliphatic heterocycles. The van der Waals surface area contributed by atoms with Gasteiger partial charge in [-0.15, -0.1) is 0 Å². The van der Waals surface area contributed by atoms with Crippen LogP contribution in [0.5, 0.6) is 5.75 Å². The van der Waals surface area contributed by atoms with E-state index >= 15 is 0 Å². The highest BCUT2D eigenvalue weighted by molar-refractivity contribution is 6.32. The highest BCUT2D eigenvalue weighted by Crippen LogP contribution is 2.27. The van der Waals surface area contributed by atoms with E-state index < -0.39 is 0 Å². The van der Waals surface area contributed by atoms with E-state index in [4.69, 9.17) is 21.1 Å². The van der Waals surface area contributed by atoms with Gasteiger partial charge in [0.15, 0.2) is 0 Å². The van der Waals surface area contributed by atoms with Crippen molar-refractivity contribution >= 4 is 11.6 Å². The van der Waals surface area contributed by atoms with Crippen LogP contribution < -0.4 is 10.1 Å². The van der Waals surface area contributed by atoms with E-state index in [9.17, 15) is 0 Å². The Morgan fingerprint density at radius 1 is 1.56 bits per heavy atom. The van der Waals surface area contributed by atoms with Crippen LogP contribution in [0, 0.1) is 6.92 Å². The van der Waals surface area contributed by atoms with Gasteiger partial charge in [0.1, 0.15) is 18.5 Å². The zero-order valence-corrected chi connectivity index (χ0v) is 10.1. The van der Waals surface area contributed by atoms with Crippen molar-refractivity contribution in [2.75, 3.05) is 26.3 Å². The lowest BCUT2D eigenvalue weighted by atomic mass is 10.2. The van der Waals surface area contributed by atoms with Gasteiger partial charge in [0, 0.05) is 13.1 Å². The van der Waals surface area contributed by atoms with Crippen LogP contribution in [-0.2, 0) is 4.74 Å². The number of halogens is 1. The summed E-state index contributed by atoms with van der Waals surface area (Å²) < 4.78 is 11.2. The van der Waals surface area contributed by atoms with Crippen LogP contribution >= 0.6 is 11.6 Å². The summed E-state index contributed by atoms with van der Waals surface area (Å²) >= 11 is 6.13. The van der Waals surface area contributed by atoms with Crippen molar-refractivity contribution in [3.05, 3.63) is 28.8 Å². The summed E-state index contributed by atoms with van der Waals surface area (Å²) in [6, 6.07) is 5.79. The third-order valence-electron chi connectivity index (χ3n) is 2.59. The highest BCUT2D eigenvalue weighted by atomic mass is 35.5. The van der Waals surface area contributed by atoms with Crippen LogP contribution in [0.2, 0.25) is 5.02 Å². The Labute approximate surface area is 101 Å². The van der Waals surface area contributed by atoms with Crippen molar-refractivity contribution in [1.82, 2.24) is 5.32 Å². The minimum atomic E-state index is 0.116. The zero-order valence-electron chi connectivity index (χ0n) is 9.33. The average molecular weight is 242 g/mol. The topological polar surface area (TPSA) is 30.5 Å². The van der Waals surface area contributed by atoms with Gasteiger partial charge in [-0.25, -0.2) is 0 Å². The maximum Gasteiger partial charge on any atom is 0.138 e. The van der Waals surface area contributed by atoms with Crippen molar-refractivity contribution in [3.8, 4) is 5.75 Å². The molecule has 1 N–H and O–H groups in total. The Balaban J connectivity index is 1.91. The summed E-state index contributed by atoms with van der Waals surface area (Å²) in [5.41, 5.74) is 1.03. The first kappa shape index (κ1) is 11.7. The van der Waals surface area contributed by atoms with E-state index in [-0.39, 0.29) is 6.10 Å². The van der Waals surface area contributed by atoms with Gasteiger partial charge in [-0.2, -0.15) is 0 Å². The summed E-state index contributed by atoms with van der Waals surface area (Å²) in [4.78, 5) is 0. The molecule has 0 bridgehead atoms. The first-order valence-electron chi connectivity index (χ1n) is 5.47. The van der Waals surface area contributed by atoms with Gasteiger partial charge >= 0.3 is 0 Å². The predicted octanol–water partition coefficient (Wildman–Crippen LogP) is 2.02. The lowest BCUT2D eigenvalue weighted by Gasteiger charge is -2.23. The first-order chi connectivity index (χ1) is 7.77. The third kappa shape index (κ3) is 2.88. The molecule has 2 rings (SSSR count). The Morgan fingerprint density at radius 3 is 3.19 bits per heavy atom. The molecule has 1 heterocycles. The molecular formula is C12H16ClNO2. The van der Waals surface area contributed by atoms with E-state index in [1.54, 1.807) is 0 Å². The number of ether oxygens (including phenoxy) is 2. The second-order valence-electron chi connectivity index (χ2n) is 3.89. The van der Waals surface area contributed by atoms with Gasteiger partial charge in [0.05, 0.1) is 11.6 Å². The van der Waals surface area contributed by atoms with Crippen LogP contribution in [0.15, 0.2) is 18.2 Å². The van der Waals surface area contributed by atoms with E-state index in [0.29, 0.717) is 11.6 Å². The quantitative estimate of drug-likeness (QED) is 0.878. The molecular weight excluding hydrogens is 226 g/mol. The molecule has 1 atom stereocenters. The van der Waals surface area contributed by atoms with E-state index in [2.05, 4.69) is 5.32 Å². The molecule has 1 unspecified atom stereocenters. The summed E-state index contributed by atoms with van der Waals surface area (Å²) in [5, 5.41) is 3.95. The van der Waals surface area contributed by atoms with Crippen molar-refractivity contribution in [2.45, 2.75) is 13.0 Å². The molecule has 0 amide bonds. The van der Waals surface area contributed by atoms with Gasteiger partial charge in [0.25, 0.3) is 0 Å². The molecule has 0 saturated carbocycles. The number of morpholine rings is 1. The molecule has 0 aliphatic carbocycles. The maximum atomic E-state index is 6.13. The van der Waals surface area contributed by atoms with Gasteiger partial charge in [-0.1, -0.05) is 23.7 Å². The molecule has 1 aromatic rings. The molecule has 0 radical (unpaired) electrons. The standard InChI is InChI=1S/C12H16ClNO2/c1-9-3-2-4-11(12(9)13)16-8-10-7-14-5-6-15-10/h2-4,10,14H,5-8H2,1H3. The number of aryl methyl sites for hydroxylation is 1. The van der Waals surface area contributed by atoms with Crippen molar-refractivity contribution in [2.24, 2.45) is 0 Å². The van der Waals surface area contributed by atoms with Gasteiger partial charge in [0.2, 0.25) is 0 Å². The number of benzene rings is 1. The Kier molecular flexibility index (Phi) is 4.04. The molecule has 1 fully saturated rings. The molecule has 3 nitrogen and oxygen atoms in total. The fraction of sp³-hybridized carbons (Fsp3) is 0.500. The predicted molar refractivity (Wildman–Crippen MR) is 64.3 cm³/mol. The highest BCUT2D eigenvalue weighted by Gasteiger charge is 2.14. The smallest absolute Gasteiger partial charge is 0.138 e. The second kappa shape index (κ2) is 5.53. The molecule has 1 aliphatic rings. The van der Waals surface area contributed by atoms with Gasteiger partial charge < -0.3 is 14.8 Å². The summed E-state index contributed by atoms with van der Waals surface area (Å²) in [6.45, 7) is 5.00. The fourth-order valence-electron chi connectivity index (χ4n) is 1.64. The summed E-state index contributed by atoms with van der Waals surface area (Å²) in [5.74, 6) is 0.732. The van der Waals surface area contributed by atoms with Crippen LogP contribution in [-0.4, -0.2) is 32.4 Å². The Morgan fingerprint density at radius 2 is 2.44 bits per heavy atom. The fourth-order valence-corrected chi connectivity index (χ4v) is 1.82. The van der Waals surface area contributed by atoms with Crippen molar-refractivity contribution in [1.29, 1.82) is 0 Å². The van der Waals surface area contributed by atoms with E-state index in [1.165, 1.54) is 0 Å². The van der Waals surface area contributed by atoms with Crippen molar-refractivity contribution < 1.29 is 9.47 Å². The SMILES string of the molecule is Cc1cccc(OCC2CNCCO2)c1Cl. The second-order valence-corrected chi connectivity index (χ2v) is 4.27. The Hall–Kier alpha value is -0.770. The summed E-state index contributed by atoms with van der Waals surface area (Å²) in [6.07, 6.45) is 0.116. The number of hydrogen-bond donors (Lipinski definition) is 1. The van der Waals surface area contributed by atoms with Crippen LogP contribution in [0.1, 0.15) is 5.56 Å². The molecule has 0 aromatic heterocycles. The van der Waals surface area contributed by atoms with Gasteiger partial charge in [-0.3, -0.25) is 0 Å². The molecule has 0 spiro atoms. The van der Waals surface area contributed by atoms with E-state index in [0.717, 1.165) is 31.0 Å². The lowest BCUT2D eigenvalue weighted by Crippen LogP contribution is -2.41. The van der Waals surface area contributed by atoms with Crippen molar-refractivity contribution in [3.63, 3.8) is 0 Å². The third-order valence-corrected chi connectivity index (χ3v) is 3.07. The Bertz CT molecular complexity index is 351. The molecule has 1 saturated heterocycles. The van der Waals surface area contributed by atoms with Crippen LogP contribution in [0.3, 0.4) is 0 Å². The molecule has 16 heavy (non-hydrogen) atoms. The minimum Gasteiger partial charge on any atom is -0.489 e. The summed E-state index contributed by atoms with van der Waals surface area (Å²) in [7, 11) is 0. The normalized spacial score (nSPS) is 20.8. The average Bonchev–Trinajstić information content (AvgIpc) is 2.32. The van der Waals surface area contributed by atoms with Crippen LogP contribution in [0.25, 0.3) is 0 Å². The molecule has 1 aromatic carbocycles. The maximum absolute atomic E-state index is 6.13. The number of rotatable bonds is 3. The number of nitrogens with one attached hydrogen (secondary N) is 1. The van der Waals surface area contributed by atoms with E-state index in [1.807, 2.05) is 25.1 Å². The van der Waals surface area contributed by atoms with Crippen LogP contribution in [0.4, 0.5) is 0 Å². The lowest BCUT2D eigenvalue weighted by molar-refractivity contribution is 0.000208. The number of hydrogen-bond acceptors (Lipinski definition) is 3. The molecule has 88 valence electrons. The monoisotopic (exact) mass is 241 g/mol.